The summed E-state index contributed by atoms with van der Waals surface area (Å²) in [5, 5.41) is 0. The van der Waals surface area contributed by atoms with Gasteiger partial charge in [0, 0.05) is 44.6 Å². The Hall–Kier alpha value is -2.58. The molecule has 1 amide bonds. The number of piperidine rings is 1. The van der Waals surface area contributed by atoms with Crippen LogP contribution in [0.1, 0.15) is 40.6 Å². The fraction of sp³-hybridized carbons (Fsp3) is 0.438. The molecule has 2 aromatic rings. The standard InChI is InChI=1S/C16H18F3N5O/c1-23-9-13(16(17,18)19)22-15(23)10-3-2-6-24(8-10)12-4-5-21-7-11(12)14(20)25/h4-5,7,9-10H,2-3,6,8H2,1H3,(H2,20,25)/t10-/m1/s1. The van der Waals surface area contributed by atoms with E-state index in [1.807, 2.05) is 4.90 Å². The van der Waals surface area contributed by atoms with Crippen LogP contribution < -0.4 is 10.6 Å². The molecule has 2 N–H and O–H groups in total. The molecule has 25 heavy (non-hydrogen) atoms. The predicted molar refractivity (Wildman–Crippen MR) is 85.2 cm³/mol. The number of nitrogens with zero attached hydrogens (tertiary/aromatic N) is 4. The normalized spacial score (nSPS) is 18.4. The average molecular weight is 353 g/mol. The summed E-state index contributed by atoms with van der Waals surface area (Å²) < 4.78 is 40.1. The molecule has 1 aliphatic heterocycles. The highest BCUT2D eigenvalue weighted by Gasteiger charge is 2.36. The van der Waals surface area contributed by atoms with E-state index in [9.17, 15) is 18.0 Å². The third-order valence-corrected chi connectivity index (χ3v) is 4.39. The Bertz CT molecular complexity index is 786. The zero-order chi connectivity index (χ0) is 18.2. The molecule has 1 atom stereocenters. The van der Waals surface area contributed by atoms with Crippen LogP contribution in [0.15, 0.2) is 24.7 Å². The largest absolute Gasteiger partial charge is 0.434 e. The number of imidazole rings is 1. The van der Waals surface area contributed by atoms with E-state index < -0.39 is 17.8 Å². The van der Waals surface area contributed by atoms with Gasteiger partial charge >= 0.3 is 6.18 Å². The van der Waals surface area contributed by atoms with Crippen LogP contribution in [-0.2, 0) is 13.2 Å². The maximum atomic E-state index is 12.9. The van der Waals surface area contributed by atoms with Crippen molar-refractivity contribution in [2.75, 3.05) is 18.0 Å². The van der Waals surface area contributed by atoms with E-state index in [4.69, 9.17) is 5.73 Å². The Labute approximate surface area is 142 Å². The minimum absolute atomic E-state index is 0.163. The highest BCUT2D eigenvalue weighted by atomic mass is 19.4. The minimum Gasteiger partial charge on any atom is -0.370 e. The van der Waals surface area contributed by atoms with Crippen molar-refractivity contribution in [2.24, 2.45) is 12.8 Å². The molecule has 3 rings (SSSR count). The molecule has 1 saturated heterocycles. The number of pyridine rings is 1. The van der Waals surface area contributed by atoms with Gasteiger partial charge in [-0.1, -0.05) is 0 Å². The van der Waals surface area contributed by atoms with E-state index in [0.29, 0.717) is 30.2 Å². The number of carbonyl (C=O) groups excluding carboxylic acids is 1. The molecule has 2 aromatic heterocycles. The molecule has 0 saturated carbocycles. The first-order chi connectivity index (χ1) is 11.8. The van der Waals surface area contributed by atoms with Crippen LogP contribution in [0.5, 0.6) is 0 Å². The molecular weight excluding hydrogens is 335 g/mol. The lowest BCUT2D eigenvalue weighted by Crippen LogP contribution is -2.36. The Kier molecular flexibility index (Phi) is 4.40. The number of hydrogen-bond acceptors (Lipinski definition) is 4. The van der Waals surface area contributed by atoms with E-state index in [0.717, 1.165) is 19.0 Å². The number of anilines is 1. The summed E-state index contributed by atoms with van der Waals surface area (Å²) in [4.78, 5) is 21.3. The lowest BCUT2D eigenvalue weighted by molar-refractivity contribution is -0.141. The number of rotatable bonds is 3. The third-order valence-electron chi connectivity index (χ3n) is 4.39. The van der Waals surface area contributed by atoms with Crippen molar-refractivity contribution in [1.29, 1.82) is 0 Å². The maximum absolute atomic E-state index is 12.9. The number of aryl methyl sites for hydroxylation is 1. The highest BCUT2D eigenvalue weighted by Crippen LogP contribution is 2.34. The summed E-state index contributed by atoms with van der Waals surface area (Å²) in [6.45, 7) is 1.16. The SMILES string of the molecule is Cn1cc(C(F)(F)F)nc1[C@@H]1CCCN(c2ccncc2C(N)=O)C1. The number of primary amides is 1. The smallest absolute Gasteiger partial charge is 0.370 e. The van der Waals surface area contributed by atoms with Crippen molar-refractivity contribution in [3.8, 4) is 0 Å². The van der Waals surface area contributed by atoms with Gasteiger partial charge in [0.2, 0.25) is 0 Å². The molecule has 0 unspecified atom stereocenters. The quantitative estimate of drug-likeness (QED) is 0.919. The molecule has 0 spiro atoms. The van der Waals surface area contributed by atoms with Crippen LogP contribution in [0.25, 0.3) is 0 Å². The van der Waals surface area contributed by atoms with Gasteiger partial charge in [0.25, 0.3) is 5.91 Å². The van der Waals surface area contributed by atoms with Crippen LogP contribution in [0.3, 0.4) is 0 Å². The monoisotopic (exact) mass is 353 g/mol. The number of alkyl halides is 3. The highest BCUT2D eigenvalue weighted by molar-refractivity contribution is 5.98. The van der Waals surface area contributed by atoms with Crippen molar-refractivity contribution in [3.63, 3.8) is 0 Å². The molecule has 0 bridgehead atoms. The number of nitrogens with two attached hydrogens (primary N) is 1. The molecule has 0 aromatic carbocycles. The van der Waals surface area contributed by atoms with E-state index in [1.165, 1.54) is 10.8 Å². The minimum atomic E-state index is -4.46. The number of carbonyl (C=O) groups is 1. The molecule has 1 fully saturated rings. The van der Waals surface area contributed by atoms with Gasteiger partial charge in [-0.3, -0.25) is 9.78 Å². The molecule has 0 radical (unpaired) electrons. The predicted octanol–water partition coefficient (Wildman–Crippen LogP) is 2.32. The van der Waals surface area contributed by atoms with Crippen molar-refractivity contribution in [1.82, 2.24) is 14.5 Å². The van der Waals surface area contributed by atoms with Crippen LogP contribution in [0.4, 0.5) is 18.9 Å². The maximum Gasteiger partial charge on any atom is 0.434 e. The fourth-order valence-corrected chi connectivity index (χ4v) is 3.26. The molecule has 6 nitrogen and oxygen atoms in total. The van der Waals surface area contributed by atoms with Crippen molar-refractivity contribution in [2.45, 2.75) is 24.9 Å². The number of halogens is 3. The van der Waals surface area contributed by atoms with E-state index in [2.05, 4.69) is 9.97 Å². The number of hydrogen-bond donors (Lipinski definition) is 1. The number of amides is 1. The van der Waals surface area contributed by atoms with E-state index in [1.54, 1.807) is 19.3 Å². The summed E-state index contributed by atoms with van der Waals surface area (Å²) in [7, 11) is 1.57. The lowest BCUT2D eigenvalue weighted by atomic mass is 9.96. The summed E-state index contributed by atoms with van der Waals surface area (Å²) in [5.74, 6) is -0.350. The summed E-state index contributed by atoms with van der Waals surface area (Å²) >= 11 is 0. The van der Waals surface area contributed by atoms with Gasteiger partial charge in [0.05, 0.1) is 11.3 Å². The first-order valence-electron chi connectivity index (χ1n) is 7.86. The molecule has 0 aliphatic carbocycles. The van der Waals surface area contributed by atoms with Gasteiger partial charge in [-0.2, -0.15) is 13.2 Å². The second-order valence-electron chi connectivity index (χ2n) is 6.14. The molecule has 9 heteroatoms. The summed E-state index contributed by atoms with van der Waals surface area (Å²) in [5.41, 5.74) is 5.46. The summed E-state index contributed by atoms with van der Waals surface area (Å²) in [6, 6.07) is 1.70. The van der Waals surface area contributed by atoms with Crippen LogP contribution in [0, 0.1) is 0 Å². The topological polar surface area (TPSA) is 77.0 Å². The van der Waals surface area contributed by atoms with Gasteiger partial charge in [0.15, 0.2) is 5.69 Å². The molecule has 1 aliphatic rings. The Balaban J connectivity index is 1.88. The number of aromatic nitrogens is 3. The zero-order valence-corrected chi connectivity index (χ0v) is 13.6. The van der Waals surface area contributed by atoms with Gasteiger partial charge < -0.3 is 15.2 Å². The first-order valence-corrected chi connectivity index (χ1v) is 7.86. The van der Waals surface area contributed by atoms with Crippen LogP contribution >= 0.6 is 0 Å². The van der Waals surface area contributed by atoms with Gasteiger partial charge in [-0.25, -0.2) is 4.98 Å². The summed E-state index contributed by atoms with van der Waals surface area (Å²) in [6.07, 6.45) is 1.02. The van der Waals surface area contributed by atoms with Crippen LogP contribution in [-0.4, -0.2) is 33.5 Å². The second kappa shape index (κ2) is 6.38. The Morgan fingerprint density at radius 1 is 1.40 bits per heavy atom. The Morgan fingerprint density at radius 2 is 2.16 bits per heavy atom. The van der Waals surface area contributed by atoms with E-state index in [-0.39, 0.29) is 5.92 Å². The first kappa shape index (κ1) is 17.2. The fourth-order valence-electron chi connectivity index (χ4n) is 3.26. The second-order valence-corrected chi connectivity index (χ2v) is 6.14. The van der Waals surface area contributed by atoms with Crippen molar-refractivity contribution in [3.05, 3.63) is 41.7 Å². The van der Waals surface area contributed by atoms with Gasteiger partial charge in [-0.15, -0.1) is 0 Å². The van der Waals surface area contributed by atoms with Crippen molar-refractivity contribution >= 4 is 11.6 Å². The lowest BCUT2D eigenvalue weighted by Gasteiger charge is -2.34. The molecule has 134 valence electrons. The van der Waals surface area contributed by atoms with Gasteiger partial charge in [-0.05, 0) is 18.9 Å². The average Bonchev–Trinajstić information content (AvgIpc) is 2.97. The third kappa shape index (κ3) is 3.45. The zero-order valence-electron chi connectivity index (χ0n) is 13.6. The van der Waals surface area contributed by atoms with Gasteiger partial charge in [0.1, 0.15) is 5.82 Å². The van der Waals surface area contributed by atoms with Crippen molar-refractivity contribution < 1.29 is 18.0 Å². The van der Waals surface area contributed by atoms with Crippen LogP contribution in [0.2, 0.25) is 0 Å². The van der Waals surface area contributed by atoms with E-state index >= 15 is 0 Å². The molecule has 3 heterocycles. The Morgan fingerprint density at radius 3 is 2.80 bits per heavy atom. The molecular formula is C16H18F3N5O.